The van der Waals surface area contributed by atoms with Crippen LogP contribution in [0.15, 0.2) is 52.0 Å². The molecular formula is C18H16BrN3O3. The van der Waals surface area contributed by atoms with E-state index in [4.69, 9.17) is 10.00 Å². The van der Waals surface area contributed by atoms with E-state index in [9.17, 15) is 9.90 Å². The highest BCUT2D eigenvalue weighted by atomic mass is 79.9. The summed E-state index contributed by atoms with van der Waals surface area (Å²) in [4.78, 5) is 11.9. The second kappa shape index (κ2) is 8.85. The van der Waals surface area contributed by atoms with Gasteiger partial charge in [-0.25, -0.2) is 5.43 Å². The van der Waals surface area contributed by atoms with Crippen LogP contribution in [0.2, 0.25) is 0 Å². The Morgan fingerprint density at radius 1 is 1.32 bits per heavy atom. The molecule has 0 aromatic heterocycles. The van der Waals surface area contributed by atoms with E-state index in [1.54, 1.807) is 42.5 Å². The predicted octanol–water partition coefficient (Wildman–Crippen LogP) is 3.34. The van der Waals surface area contributed by atoms with Gasteiger partial charge in [-0.1, -0.05) is 22.9 Å². The minimum Gasteiger partial charge on any atom is -0.507 e. The van der Waals surface area contributed by atoms with Crippen LogP contribution in [-0.4, -0.2) is 23.3 Å². The molecule has 6 nitrogen and oxygen atoms in total. The van der Waals surface area contributed by atoms with Crippen LogP contribution in [0.1, 0.15) is 24.5 Å². The lowest BCUT2D eigenvalue weighted by molar-refractivity contribution is -0.123. The third-order valence-electron chi connectivity index (χ3n) is 3.27. The molecule has 0 heterocycles. The van der Waals surface area contributed by atoms with Crippen molar-refractivity contribution in [3.05, 3.63) is 58.1 Å². The standard InChI is InChI=1S/C18H16BrN3O3/c1-2-16(15-9-13(19)5-8-17(15)23)21-22-18(24)11-25-14-6-3-12(10-20)4-7-14/h3-9,23H,2,11H2,1H3,(H,22,24)/b21-16+. The van der Waals surface area contributed by atoms with Crippen LogP contribution >= 0.6 is 15.9 Å². The molecule has 1 amide bonds. The van der Waals surface area contributed by atoms with E-state index in [-0.39, 0.29) is 12.4 Å². The van der Waals surface area contributed by atoms with E-state index < -0.39 is 5.91 Å². The summed E-state index contributed by atoms with van der Waals surface area (Å²) in [5.41, 5.74) is 4.03. The van der Waals surface area contributed by atoms with Gasteiger partial charge in [0.1, 0.15) is 11.5 Å². The highest BCUT2D eigenvalue weighted by Crippen LogP contribution is 2.23. The molecule has 0 bridgehead atoms. The summed E-state index contributed by atoms with van der Waals surface area (Å²) >= 11 is 3.34. The van der Waals surface area contributed by atoms with Gasteiger partial charge in [0.05, 0.1) is 17.3 Å². The number of carbonyl (C=O) groups is 1. The number of hydrogen-bond acceptors (Lipinski definition) is 5. The third-order valence-corrected chi connectivity index (χ3v) is 3.77. The van der Waals surface area contributed by atoms with Crippen molar-refractivity contribution in [1.29, 1.82) is 5.26 Å². The molecule has 25 heavy (non-hydrogen) atoms. The Bertz CT molecular complexity index is 826. The number of hydrogen-bond donors (Lipinski definition) is 2. The number of phenolic OH excluding ortho intramolecular Hbond substituents is 1. The zero-order valence-electron chi connectivity index (χ0n) is 13.5. The zero-order valence-corrected chi connectivity index (χ0v) is 15.1. The van der Waals surface area contributed by atoms with Gasteiger partial charge < -0.3 is 9.84 Å². The number of benzene rings is 2. The van der Waals surface area contributed by atoms with Crippen molar-refractivity contribution < 1.29 is 14.6 Å². The molecule has 0 aliphatic heterocycles. The minimum absolute atomic E-state index is 0.0897. The first-order chi connectivity index (χ1) is 12.0. The van der Waals surface area contributed by atoms with Gasteiger partial charge in [0.25, 0.3) is 5.91 Å². The van der Waals surface area contributed by atoms with Crippen LogP contribution in [0.4, 0.5) is 0 Å². The number of phenols is 1. The van der Waals surface area contributed by atoms with Gasteiger partial charge in [0.15, 0.2) is 6.61 Å². The van der Waals surface area contributed by atoms with Crippen LogP contribution in [-0.2, 0) is 4.79 Å². The van der Waals surface area contributed by atoms with Gasteiger partial charge in [0.2, 0.25) is 0 Å². The molecule has 2 rings (SSSR count). The third kappa shape index (κ3) is 5.33. The molecule has 0 aliphatic rings. The summed E-state index contributed by atoms with van der Waals surface area (Å²) in [6, 6.07) is 13.5. The van der Waals surface area contributed by atoms with Crippen molar-refractivity contribution >= 4 is 27.5 Å². The fourth-order valence-corrected chi connectivity index (χ4v) is 2.37. The predicted molar refractivity (Wildman–Crippen MR) is 97.4 cm³/mol. The van der Waals surface area contributed by atoms with Crippen molar-refractivity contribution in [2.45, 2.75) is 13.3 Å². The first kappa shape index (κ1) is 18.5. The molecule has 0 spiro atoms. The summed E-state index contributed by atoms with van der Waals surface area (Å²) in [5, 5.41) is 22.7. The Morgan fingerprint density at radius 2 is 2.04 bits per heavy atom. The number of aromatic hydroxyl groups is 1. The molecule has 0 unspecified atom stereocenters. The average Bonchev–Trinajstić information content (AvgIpc) is 2.63. The molecule has 7 heteroatoms. The second-order valence-electron chi connectivity index (χ2n) is 5.03. The number of nitriles is 1. The number of nitrogens with zero attached hydrogens (tertiary/aromatic N) is 2. The summed E-state index contributed by atoms with van der Waals surface area (Å²) < 4.78 is 6.14. The Morgan fingerprint density at radius 3 is 2.68 bits per heavy atom. The Kier molecular flexibility index (Phi) is 6.54. The Balaban J connectivity index is 1.97. The fourth-order valence-electron chi connectivity index (χ4n) is 2.01. The smallest absolute Gasteiger partial charge is 0.277 e. The lowest BCUT2D eigenvalue weighted by Gasteiger charge is -2.09. The van der Waals surface area contributed by atoms with E-state index in [1.165, 1.54) is 0 Å². The van der Waals surface area contributed by atoms with Crippen LogP contribution in [0.3, 0.4) is 0 Å². The van der Waals surface area contributed by atoms with Gasteiger partial charge in [-0.15, -0.1) is 0 Å². The topological polar surface area (TPSA) is 94.7 Å². The van der Waals surface area contributed by atoms with Gasteiger partial charge in [-0.05, 0) is 48.9 Å². The summed E-state index contributed by atoms with van der Waals surface area (Å²) in [7, 11) is 0. The molecule has 0 aliphatic carbocycles. The number of rotatable bonds is 6. The van der Waals surface area contributed by atoms with Gasteiger partial charge in [-0.3, -0.25) is 4.79 Å². The number of halogens is 1. The van der Waals surface area contributed by atoms with Crippen LogP contribution in [0, 0.1) is 11.3 Å². The molecule has 0 atom stereocenters. The molecule has 2 aromatic rings. The maximum atomic E-state index is 11.9. The molecule has 2 aromatic carbocycles. The maximum Gasteiger partial charge on any atom is 0.277 e. The van der Waals surface area contributed by atoms with Crippen LogP contribution in [0.5, 0.6) is 11.5 Å². The van der Waals surface area contributed by atoms with E-state index in [0.29, 0.717) is 29.0 Å². The van der Waals surface area contributed by atoms with Gasteiger partial charge in [-0.2, -0.15) is 10.4 Å². The van der Waals surface area contributed by atoms with Gasteiger partial charge in [0, 0.05) is 10.0 Å². The van der Waals surface area contributed by atoms with Crippen molar-refractivity contribution in [1.82, 2.24) is 5.43 Å². The summed E-state index contributed by atoms with van der Waals surface area (Å²) in [6.07, 6.45) is 0.529. The average molecular weight is 402 g/mol. The van der Waals surface area contributed by atoms with Crippen molar-refractivity contribution in [2.75, 3.05) is 6.61 Å². The van der Waals surface area contributed by atoms with E-state index in [1.807, 2.05) is 13.0 Å². The van der Waals surface area contributed by atoms with Crippen LogP contribution in [0.25, 0.3) is 0 Å². The Labute approximate surface area is 153 Å². The number of carbonyl (C=O) groups excluding carboxylic acids is 1. The highest BCUT2D eigenvalue weighted by molar-refractivity contribution is 9.10. The Hall–Kier alpha value is -2.85. The normalized spacial score (nSPS) is 10.8. The number of ether oxygens (including phenoxy) is 1. The molecule has 0 saturated heterocycles. The fraction of sp³-hybridized carbons (Fsp3) is 0.167. The second-order valence-corrected chi connectivity index (χ2v) is 5.95. The van der Waals surface area contributed by atoms with Crippen molar-refractivity contribution in [3.63, 3.8) is 0 Å². The lowest BCUT2D eigenvalue weighted by Crippen LogP contribution is -2.26. The van der Waals surface area contributed by atoms with E-state index in [2.05, 4.69) is 26.5 Å². The van der Waals surface area contributed by atoms with Crippen molar-refractivity contribution in [3.8, 4) is 17.6 Å². The molecule has 2 N–H and O–H groups in total. The molecule has 0 saturated carbocycles. The SMILES string of the molecule is CC/C(=N\NC(=O)COc1ccc(C#N)cc1)c1cc(Br)ccc1O. The quantitative estimate of drug-likeness (QED) is 0.573. The van der Waals surface area contributed by atoms with E-state index in [0.717, 1.165) is 4.47 Å². The molecular weight excluding hydrogens is 386 g/mol. The number of hydrazone groups is 1. The summed E-state index contributed by atoms with van der Waals surface area (Å²) in [6.45, 7) is 1.66. The maximum absolute atomic E-state index is 11.9. The zero-order chi connectivity index (χ0) is 18.2. The number of amides is 1. The number of nitrogens with one attached hydrogen (secondary N) is 1. The molecule has 128 valence electrons. The summed E-state index contributed by atoms with van der Waals surface area (Å²) in [5.74, 6) is 0.148. The largest absolute Gasteiger partial charge is 0.507 e. The van der Waals surface area contributed by atoms with Crippen LogP contribution < -0.4 is 10.2 Å². The first-order valence-electron chi connectivity index (χ1n) is 7.50. The lowest BCUT2D eigenvalue weighted by atomic mass is 10.1. The first-order valence-corrected chi connectivity index (χ1v) is 8.30. The monoisotopic (exact) mass is 401 g/mol. The molecule has 0 fully saturated rings. The van der Waals surface area contributed by atoms with Gasteiger partial charge >= 0.3 is 0 Å². The minimum atomic E-state index is -0.426. The van der Waals surface area contributed by atoms with E-state index >= 15 is 0 Å². The van der Waals surface area contributed by atoms with Crippen molar-refractivity contribution in [2.24, 2.45) is 5.10 Å². The highest BCUT2D eigenvalue weighted by Gasteiger charge is 2.09. The molecule has 0 radical (unpaired) electrons.